The van der Waals surface area contributed by atoms with Crippen molar-refractivity contribution in [2.45, 2.75) is 44.7 Å². The lowest BCUT2D eigenvalue weighted by atomic mass is 10.1. The molecule has 3 aromatic carbocycles. The summed E-state index contributed by atoms with van der Waals surface area (Å²) in [6.07, 6.45) is 0.302. The molecule has 0 saturated heterocycles. The molecule has 0 aromatic heterocycles. The van der Waals surface area contributed by atoms with Gasteiger partial charge in [-0.25, -0.2) is 12.8 Å². The molecule has 7 nitrogen and oxygen atoms in total. The Balaban J connectivity index is 2.03. The van der Waals surface area contributed by atoms with E-state index in [1.54, 1.807) is 61.5 Å². The third kappa shape index (κ3) is 7.80. The minimum atomic E-state index is -4.26. The summed E-state index contributed by atoms with van der Waals surface area (Å²) in [4.78, 5) is 28.4. The molecule has 0 radical (unpaired) electrons. The molecule has 0 aliphatic heterocycles. The van der Waals surface area contributed by atoms with Gasteiger partial charge in [-0.15, -0.1) is 0 Å². The summed E-state index contributed by atoms with van der Waals surface area (Å²) in [5, 5.41) is 3.30. The predicted octanol–water partition coefficient (Wildman–Crippen LogP) is 5.25. The zero-order chi connectivity index (χ0) is 28.6. The van der Waals surface area contributed by atoms with Crippen molar-refractivity contribution >= 4 is 39.1 Å². The number of anilines is 1. The van der Waals surface area contributed by atoms with Crippen LogP contribution in [0.4, 0.5) is 10.1 Å². The van der Waals surface area contributed by atoms with Crippen molar-refractivity contribution in [1.82, 2.24) is 10.2 Å². The number of amides is 2. The normalized spacial score (nSPS) is 12.2. The molecule has 0 saturated carbocycles. The second kappa shape index (κ2) is 13.6. The van der Waals surface area contributed by atoms with Gasteiger partial charge < -0.3 is 10.2 Å². The van der Waals surface area contributed by atoms with Crippen LogP contribution in [0.2, 0.25) is 5.02 Å². The highest BCUT2D eigenvalue weighted by molar-refractivity contribution is 7.92. The summed E-state index contributed by atoms with van der Waals surface area (Å²) in [5.74, 6) is -1.30. The lowest BCUT2D eigenvalue weighted by Crippen LogP contribution is -2.52. The average molecular weight is 574 g/mol. The van der Waals surface area contributed by atoms with Gasteiger partial charge in [-0.3, -0.25) is 13.9 Å². The first-order valence-corrected chi connectivity index (χ1v) is 14.5. The smallest absolute Gasteiger partial charge is 0.264 e. The van der Waals surface area contributed by atoms with E-state index in [2.05, 4.69) is 5.32 Å². The molecule has 0 bridgehead atoms. The number of hydrogen-bond acceptors (Lipinski definition) is 4. The van der Waals surface area contributed by atoms with Crippen LogP contribution < -0.4 is 9.62 Å². The Hall–Kier alpha value is -3.43. The number of para-hydroxylation sites is 1. The molecule has 3 rings (SSSR count). The fourth-order valence-electron chi connectivity index (χ4n) is 4.01. The molecule has 0 aliphatic carbocycles. The quantitative estimate of drug-likeness (QED) is 0.320. The fourth-order valence-corrected chi connectivity index (χ4v) is 5.62. The Morgan fingerprint density at radius 3 is 2.15 bits per heavy atom. The van der Waals surface area contributed by atoms with Crippen LogP contribution in [0.25, 0.3) is 0 Å². The number of carbonyl (C=O) groups excluding carboxylic acids is 2. The van der Waals surface area contributed by atoms with Crippen molar-refractivity contribution < 1.29 is 22.4 Å². The minimum absolute atomic E-state index is 0.00530. The molecule has 0 aliphatic rings. The molecule has 3 aromatic rings. The fraction of sp³-hybridized carbons (Fsp3) is 0.310. The van der Waals surface area contributed by atoms with E-state index >= 15 is 0 Å². The maximum absolute atomic E-state index is 14.0. The van der Waals surface area contributed by atoms with Crippen LogP contribution in [0.1, 0.15) is 32.8 Å². The number of halogens is 2. The number of benzene rings is 3. The lowest BCUT2D eigenvalue weighted by Gasteiger charge is -2.33. The van der Waals surface area contributed by atoms with Crippen LogP contribution in [0, 0.1) is 11.7 Å². The Kier molecular flexibility index (Phi) is 10.5. The van der Waals surface area contributed by atoms with Crippen molar-refractivity contribution in [3.8, 4) is 0 Å². The van der Waals surface area contributed by atoms with Gasteiger partial charge in [-0.1, -0.05) is 68.8 Å². The molecule has 1 atom stereocenters. The van der Waals surface area contributed by atoms with Gasteiger partial charge in [0.05, 0.1) is 10.6 Å². The largest absolute Gasteiger partial charge is 0.354 e. The second-order valence-corrected chi connectivity index (χ2v) is 11.7. The number of hydrogen-bond donors (Lipinski definition) is 1. The van der Waals surface area contributed by atoms with E-state index in [1.807, 2.05) is 13.8 Å². The monoisotopic (exact) mass is 573 g/mol. The SMILES string of the molecule is CCC(C(=O)NCC(C)C)N(Cc1ccccc1Cl)C(=O)CN(c1ccccc1)S(=O)(=O)c1ccc(F)cc1. The van der Waals surface area contributed by atoms with Crippen LogP contribution in [-0.4, -0.2) is 44.3 Å². The molecule has 39 heavy (non-hydrogen) atoms. The Bertz CT molecular complexity index is 1370. The summed E-state index contributed by atoms with van der Waals surface area (Å²) in [6, 6.07) is 18.7. The Labute approximate surface area is 234 Å². The molecule has 1 N–H and O–H groups in total. The number of sulfonamides is 1. The van der Waals surface area contributed by atoms with Crippen molar-refractivity contribution in [2.24, 2.45) is 5.92 Å². The van der Waals surface area contributed by atoms with E-state index in [9.17, 15) is 22.4 Å². The molecule has 0 heterocycles. The average Bonchev–Trinajstić information content (AvgIpc) is 2.92. The molecule has 10 heteroatoms. The van der Waals surface area contributed by atoms with Crippen molar-refractivity contribution in [3.05, 3.63) is 95.3 Å². The van der Waals surface area contributed by atoms with Gasteiger partial charge in [0.2, 0.25) is 11.8 Å². The predicted molar refractivity (Wildman–Crippen MR) is 151 cm³/mol. The summed E-state index contributed by atoms with van der Waals surface area (Å²) in [6.45, 7) is 5.57. The van der Waals surface area contributed by atoms with E-state index in [0.29, 0.717) is 23.6 Å². The number of carbonyl (C=O) groups is 2. The standard InChI is InChI=1S/C29H33ClFN3O4S/c1-4-27(29(36)32-18-21(2)3)33(19-22-10-8-9-13-26(22)30)28(35)20-34(24-11-6-5-7-12-24)39(37,38)25-16-14-23(31)15-17-25/h5-17,21,27H,4,18-20H2,1-3H3,(H,32,36). The van der Waals surface area contributed by atoms with Crippen LogP contribution in [0.5, 0.6) is 0 Å². The van der Waals surface area contributed by atoms with Crippen LogP contribution in [0.15, 0.2) is 83.8 Å². The molecular weight excluding hydrogens is 541 g/mol. The third-order valence-corrected chi connectivity index (χ3v) is 8.25. The van der Waals surface area contributed by atoms with Crippen LogP contribution in [-0.2, 0) is 26.2 Å². The molecule has 1 unspecified atom stereocenters. The van der Waals surface area contributed by atoms with Gasteiger partial charge in [-0.05, 0) is 60.4 Å². The van der Waals surface area contributed by atoms with E-state index in [4.69, 9.17) is 11.6 Å². The molecule has 208 valence electrons. The zero-order valence-electron chi connectivity index (χ0n) is 22.2. The van der Waals surface area contributed by atoms with Crippen LogP contribution >= 0.6 is 11.6 Å². The maximum Gasteiger partial charge on any atom is 0.264 e. The van der Waals surface area contributed by atoms with Crippen LogP contribution in [0.3, 0.4) is 0 Å². The molecule has 0 fully saturated rings. The third-order valence-electron chi connectivity index (χ3n) is 6.09. The van der Waals surface area contributed by atoms with E-state index in [0.717, 1.165) is 28.6 Å². The van der Waals surface area contributed by atoms with Gasteiger partial charge in [0, 0.05) is 18.1 Å². The number of rotatable bonds is 12. The van der Waals surface area contributed by atoms with E-state index in [-0.39, 0.29) is 29.0 Å². The highest BCUT2D eigenvalue weighted by Crippen LogP contribution is 2.25. The van der Waals surface area contributed by atoms with E-state index in [1.165, 1.54) is 4.90 Å². The first kappa shape index (κ1) is 30.1. The topological polar surface area (TPSA) is 86.8 Å². The van der Waals surface area contributed by atoms with Crippen molar-refractivity contribution in [1.29, 1.82) is 0 Å². The minimum Gasteiger partial charge on any atom is -0.354 e. The van der Waals surface area contributed by atoms with Gasteiger partial charge in [0.25, 0.3) is 10.0 Å². The van der Waals surface area contributed by atoms with Crippen molar-refractivity contribution in [3.63, 3.8) is 0 Å². The Morgan fingerprint density at radius 2 is 1.56 bits per heavy atom. The first-order valence-electron chi connectivity index (χ1n) is 12.7. The van der Waals surface area contributed by atoms with Gasteiger partial charge >= 0.3 is 0 Å². The number of nitrogens with zero attached hydrogens (tertiary/aromatic N) is 2. The van der Waals surface area contributed by atoms with Gasteiger partial charge in [0.1, 0.15) is 18.4 Å². The summed E-state index contributed by atoms with van der Waals surface area (Å²) < 4.78 is 41.9. The molecule has 2 amide bonds. The highest BCUT2D eigenvalue weighted by Gasteiger charge is 2.34. The maximum atomic E-state index is 14.0. The van der Waals surface area contributed by atoms with Crippen molar-refractivity contribution in [2.75, 3.05) is 17.4 Å². The second-order valence-electron chi connectivity index (χ2n) is 9.48. The lowest BCUT2D eigenvalue weighted by molar-refractivity contribution is -0.140. The highest BCUT2D eigenvalue weighted by atomic mass is 35.5. The Morgan fingerprint density at radius 1 is 0.949 bits per heavy atom. The zero-order valence-corrected chi connectivity index (χ0v) is 23.8. The first-order chi connectivity index (χ1) is 18.5. The van der Waals surface area contributed by atoms with E-state index < -0.39 is 34.3 Å². The summed E-state index contributed by atoms with van der Waals surface area (Å²) in [7, 11) is -4.26. The molecule has 0 spiro atoms. The molecular formula is C29H33ClFN3O4S. The van der Waals surface area contributed by atoms with Gasteiger partial charge in [-0.2, -0.15) is 0 Å². The van der Waals surface area contributed by atoms with Gasteiger partial charge in [0.15, 0.2) is 0 Å². The summed E-state index contributed by atoms with van der Waals surface area (Å²) >= 11 is 6.39. The summed E-state index contributed by atoms with van der Waals surface area (Å²) in [5.41, 5.74) is 0.875. The number of nitrogens with one attached hydrogen (secondary N) is 1.